The maximum atomic E-state index is 12.5. The Morgan fingerprint density at radius 1 is 1.16 bits per heavy atom. The van der Waals surface area contributed by atoms with E-state index in [1.54, 1.807) is 12.1 Å². The van der Waals surface area contributed by atoms with Gasteiger partial charge in [-0.15, -0.1) is 0 Å². The molecule has 0 fully saturated rings. The minimum Gasteiger partial charge on any atom is -0.449 e. The fraction of sp³-hybridized carbons (Fsp3) is 0.412. The fourth-order valence-corrected chi connectivity index (χ4v) is 3.53. The lowest BCUT2D eigenvalue weighted by Crippen LogP contribution is -2.26. The molecule has 136 valence electrons. The minimum absolute atomic E-state index is 0.333. The first-order chi connectivity index (χ1) is 11.8. The zero-order chi connectivity index (χ0) is 18.8. The zero-order valence-corrected chi connectivity index (χ0v) is 15.5. The second kappa shape index (κ2) is 7.26. The molecule has 0 amide bonds. The monoisotopic (exact) mass is 367 g/mol. The summed E-state index contributed by atoms with van der Waals surface area (Å²) in [5.41, 5.74) is 1.77. The van der Waals surface area contributed by atoms with Crippen LogP contribution < -0.4 is 4.90 Å². The first kappa shape index (κ1) is 19.0. The number of anilines is 1. The third-order valence-electron chi connectivity index (χ3n) is 3.88. The normalized spacial score (nSPS) is 11.5. The summed E-state index contributed by atoms with van der Waals surface area (Å²) in [6.07, 6.45) is 0.690. The molecule has 8 heteroatoms. The van der Waals surface area contributed by atoms with Gasteiger partial charge in [-0.25, -0.2) is 0 Å². The van der Waals surface area contributed by atoms with Gasteiger partial charge in [0, 0.05) is 25.4 Å². The molecule has 2 rings (SSSR count). The standard InChI is InChI=1S/C17H21NO6S/c1-5-12-9-8-10-13-14(12)15(18(6-2)7-3)16(23-13)17(20)25(21,22)24-11(4)19/h8-10H,5-7H2,1-4H3. The Morgan fingerprint density at radius 2 is 1.80 bits per heavy atom. The lowest BCUT2D eigenvalue weighted by molar-refractivity contribution is -0.131. The molecule has 0 atom stereocenters. The van der Waals surface area contributed by atoms with Crippen LogP contribution in [-0.2, 0) is 25.5 Å². The number of carbonyl (C=O) groups excluding carboxylic acids is 2. The van der Waals surface area contributed by atoms with Crippen molar-refractivity contribution < 1.29 is 26.6 Å². The summed E-state index contributed by atoms with van der Waals surface area (Å²) in [4.78, 5) is 25.4. The summed E-state index contributed by atoms with van der Waals surface area (Å²) in [7, 11) is -4.76. The molecule has 0 aliphatic heterocycles. The predicted molar refractivity (Wildman–Crippen MR) is 94.2 cm³/mol. The highest BCUT2D eigenvalue weighted by Gasteiger charge is 2.35. The molecule has 25 heavy (non-hydrogen) atoms. The highest BCUT2D eigenvalue weighted by atomic mass is 32.2. The third-order valence-corrected chi connectivity index (χ3v) is 4.97. The van der Waals surface area contributed by atoms with Crippen LogP contribution in [0.25, 0.3) is 11.0 Å². The number of rotatable bonds is 5. The smallest absolute Gasteiger partial charge is 0.384 e. The third kappa shape index (κ3) is 3.53. The Labute approximate surface area is 146 Å². The fourth-order valence-electron chi connectivity index (χ4n) is 2.78. The summed E-state index contributed by atoms with van der Waals surface area (Å²) in [5, 5.41) is -0.655. The van der Waals surface area contributed by atoms with E-state index < -0.39 is 21.2 Å². The van der Waals surface area contributed by atoms with Crippen molar-refractivity contribution in [3.05, 3.63) is 29.5 Å². The van der Waals surface area contributed by atoms with E-state index in [4.69, 9.17) is 4.42 Å². The SMILES string of the molecule is CCc1cccc2oc(C(=O)S(=O)(=O)OC(C)=O)c(N(CC)CC)c12. The van der Waals surface area contributed by atoms with Crippen molar-refractivity contribution in [3.63, 3.8) is 0 Å². The summed E-state index contributed by atoms with van der Waals surface area (Å²) in [5.74, 6) is -1.41. The van der Waals surface area contributed by atoms with E-state index in [1.807, 2.05) is 31.7 Å². The van der Waals surface area contributed by atoms with Gasteiger partial charge < -0.3 is 13.5 Å². The highest BCUT2D eigenvalue weighted by Crippen LogP contribution is 2.37. The number of aryl methyl sites for hydroxylation is 1. The van der Waals surface area contributed by atoms with Crippen LogP contribution in [0.4, 0.5) is 5.69 Å². The van der Waals surface area contributed by atoms with Gasteiger partial charge in [0.15, 0.2) is 0 Å². The number of benzene rings is 1. The second-order valence-electron chi connectivity index (χ2n) is 5.41. The first-order valence-electron chi connectivity index (χ1n) is 8.05. The molecule has 1 heterocycles. The Morgan fingerprint density at radius 3 is 2.32 bits per heavy atom. The Balaban J connectivity index is 2.77. The number of carbonyl (C=O) groups is 2. The van der Waals surface area contributed by atoms with Crippen molar-refractivity contribution in [3.8, 4) is 0 Å². The average molecular weight is 367 g/mol. The van der Waals surface area contributed by atoms with Crippen molar-refractivity contribution in [2.75, 3.05) is 18.0 Å². The van der Waals surface area contributed by atoms with Gasteiger partial charge in [0.2, 0.25) is 5.76 Å². The van der Waals surface area contributed by atoms with Crippen LogP contribution in [0.3, 0.4) is 0 Å². The lowest BCUT2D eigenvalue weighted by Gasteiger charge is -2.21. The van der Waals surface area contributed by atoms with E-state index >= 15 is 0 Å². The number of hydrogen-bond acceptors (Lipinski definition) is 7. The van der Waals surface area contributed by atoms with Crippen LogP contribution >= 0.6 is 0 Å². The van der Waals surface area contributed by atoms with Gasteiger partial charge in [0.1, 0.15) is 5.58 Å². The molecule has 1 aromatic carbocycles. The molecule has 0 radical (unpaired) electrons. The topological polar surface area (TPSA) is 93.9 Å². The molecule has 0 spiro atoms. The zero-order valence-electron chi connectivity index (χ0n) is 14.7. The van der Waals surface area contributed by atoms with Crippen molar-refractivity contribution in [2.24, 2.45) is 0 Å². The molecular formula is C17H21NO6S. The van der Waals surface area contributed by atoms with Crippen molar-refractivity contribution in [1.82, 2.24) is 0 Å². The Kier molecular flexibility index (Phi) is 5.52. The molecule has 0 aliphatic carbocycles. The average Bonchev–Trinajstić information content (AvgIpc) is 2.93. The van der Waals surface area contributed by atoms with Gasteiger partial charge in [-0.1, -0.05) is 19.1 Å². The maximum absolute atomic E-state index is 12.5. The van der Waals surface area contributed by atoms with Crippen molar-refractivity contribution in [2.45, 2.75) is 34.1 Å². The highest BCUT2D eigenvalue weighted by molar-refractivity contribution is 8.02. The molecule has 1 aromatic heterocycles. The summed E-state index contributed by atoms with van der Waals surface area (Å²) >= 11 is 0. The van der Waals surface area contributed by atoms with Gasteiger partial charge in [-0.05, 0) is 31.9 Å². The summed E-state index contributed by atoms with van der Waals surface area (Å²) in [6, 6.07) is 5.36. The number of hydrogen-bond donors (Lipinski definition) is 0. The van der Waals surface area contributed by atoms with Gasteiger partial charge >= 0.3 is 21.2 Å². The number of nitrogens with zero attached hydrogens (tertiary/aromatic N) is 1. The largest absolute Gasteiger partial charge is 0.449 e. The van der Waals surface area contributed by atoms with Gasteiger partial charge in [0.25, 0.3) is 0 Å². The molecule has 2 aromatic rings. The quantitative estimate of drug-likeness (QED) is 0.750. The Bertz CT molecular complexity index is 909. The van der Waals surface area contributed by atoms with E-state index in [1.165, 1.54) is 0 Å². The van der Waals surface area contributed by atoms with Gasteiger partial charge in [-0.3, -0.25) is 9.59 Å². The summed E-state index contributed by atoms with van der Waals surface area (Å²) in [6.45, 7) is 7.78. The van der Waals surface area contributed by atoms with E-state index in [-0.39, 0.29) is 5.76 Å². The molecule has 7 nitrogen and oxygen atoms in total. The van der Waals surface area contributed by atoms with Gasteiger partial charge in [0.05, 0.1) is 5.69 Å². The van der Waals surface area contributed by atoms with Crippen LogP contribution in [0.2, 0.25) is 0 Å². The molecule has 0 bridgehead atoms. The molecule has 0 aliphatic rings. The minimum atomic E-state index is -4.76. The molecule has 0 unspecified atom stereocenters. The predicted octanol–water partition coefficient (Wildman–Crippen LogP) is 2.87. The number of fused-ring (bicyclic) bond motifs is 1. The lowest BCUT2D eigenvalue weighted by atomic mass is 10.1. The molecular weight excluding hydrogens is 346 g/mol. The van der Waals surface area contributed by atoms with Crippen molar-refractivity contribution in [1.29, 1.82) is 0 Å². The van der Waals surface area contributed by atoms with E-state index in [9.17, 15) is 18.0 Å². The van der Waals surface area contributed by atoms with Crippen LogP contribution in [0.15, 0.2) is 22.6 Å². The van der Waals surface area contributed by atoms with Crippen LogP contribution in [0, 0.1) is 0 Å². The van der Waals surface area contributed by atoms with Crippen LogP contribution in [-0.4, -0.2) is 32.6 Å². The van der Waals surface area contributed by atoms with Crippen molar-refractivity contribution >= 4 is 37.9 Å². The van der Waals surface area contributed by atoms with Crippen LogP contribution in [0.1, 0.15) is 43.8 Å². The number of furan rings is 1. The maximum Gasteiger partial charge on any atom is 0.384 e. The summed E-state index contributed by atoms with van der Waals surface area (Å²) < 4.78 is 33.9. The van der Waals surface area contributed by atoms with E-state index in [2.05, 4.69) is 4.18 Å². The van der Waals surface area contributed by atoms with E-state index in [0.29, 0.717) is 36.2 Å². The molecule has 0 N–H and O–H groups in total. The van der Waals surface area contributed by atoms with Crippen LogP contribution in [0.5, 0.6) is 0 Å². The van der Waals surface area contributed by atoms with Gasteiger partial charge in [-0.2, -0.15) is 8.42 Å². The first-order valence-corrected chi connectivity index (χ1v) is 9.46. The second-order valence-corrected chi connectivity index (χ2v) is 6.86. The molecule has 0 saturated heterocycles. The Hall–Kier alpha value is -2.35. The molecule has 0 saturated carbocycles. The van der Waals surface area contributed by atoms with E-state index in [0.717, 1.165) is 12.5 Å².